The highest BCUT2D eigenvalue weighted by atomic mass is 16.5. The topological polar surface area (TPSA) is 45.1 Å². The molecule has 1 N–H and O–H groups in total. The van der Waals surface area contributed by atoms with Gasteiger partial charge in [-0.3, -0.25) is 0 Å². The summed E-state index contributed by atoms with van der Waals surface area (Å²) in [5, 5.41) is 10.5. The van der Waals surface area contributed by atoms with E-state index in [-0.39, 0.29) is 6.10 Å². The van der Waals surface area contributed by atoms with E-state index in [2.05, 4.69) is 31.9 Å². The van der Waals surface area contributed by atoms with Gasteiger partial charge < -0.3 is 14.7 Å². The molecule has 0 heterocycles. The zero-order valence-corrected chi connectivity index (χ0v) is 20.6. The largest absolute Gasteiger partial charge is 0.471 e. The van der Waals surface area contributed by atoms with Crippen molar-refractivity contribution in [2.45, 2.75) is 51.7 Å². The van der Waals surface area contributed by atoms with Crippen LogP contribution >= 0.6 is 0 Å². The fraction of sp³-hybridized carbons (Fsp3) is 0.345. The predicted molar refractivity (Wildman–Crippen MR) is 141 cm³/mol. The third kappa shape index (κ3) is 7.47. The molecule has 1 aliphatic rings. The Bertz CT molecular complexity index is 979. The molecule has 0 bridgehead atoms. The van der Waals surface area contributed by atoms with Crippen molar-refractivity contribution in [2.75, 3.05) is 14.1 Å². The molecule has 1 aromatic rings. The van der Waals surface area contributed by atoms with E-state index in [0.717, 1.165) is 59.2 Å². The number of aliphatic hydroxyl groups excluding tert-OH is 1. The van der Waals surface area contributed by atoms with Gasteiger partial charge in [0, 0.05) is 31.6 Å². The Hall–Kier alpha value is -3.11. The number of nitrogens with zero attached hydrogens (tertiary/aromatic N) is 2. The van der Waals surface area contributed by atoms with Crippen molar-refractivity contribution in [3.05, 3.63) is 103 Å². The summed E-state index contributed by atoms with van der Waals surface area (Å²) >= 11 is 0. The zero-order valence-electron chi connectivity index (χ0n) is 20.6. The molecule has 1 aliphatic carbocycles. The molecule has 4 heteroatoms. The number of rotatable bonds is 10. The number of hydrogen-bond acceptors (Lipinski definition) is 4. The van der Waals surface area contributed by atoms with E-state index in [0.29, 0.717) is 5.88 Å². The molecule has 2 unspecified atom stereocenters. The van der Waals surface area contributed by atoms with Crippen LogP contribution < -0.4 is 0 Å². The van der Waals surface area contributed by atoms with Crippen LogP contribution in [-0.2, 0) is 4.74 Å². The van der Waals surface area contributed by atoms with Crippen LogP contribution in [0.4, 0.5) is 0 Å². The van der Waals surface area contributed by atoms with E-state index >= 15 is 0 Å². The van der Waals surface area contributed by atoms with Gasteiger partial charge in [-0.15, -0.1) is 0 Å². The lowest BCUT2D eigenvalue weighted by atomic mass is 9.95. The molecule has 176 valence electrons. The standard InChI is InChI=1S/C29H38N2O2/c1-8-14-21(4)26(10-3)29(33-28-18-12-11-17-27(28)32)30-22(5)24-15-13-16-25(19-24)23(9-2)20-31(6)7/h8-10,13-16,19-20,27-28,32H,2-4,11-12,17-18H2,1,5-7H3/b14-8-,23-20+,29-26-,30-22+. The summed E-state index contributed by atoms with van der Waals surface area (Å²) in [6.07, 6.45) is 12.2. The van der Waals surface area contributed by atoms with Crippen molar-refractivity contribution in [3.8, 4) is 0 Å². The van der Waals surface area contributed by atoms with Gasteiger partial charge in [0.25, 0.3) is 0 Å². The number of aliphatic hydroxyl groups is 1. The van der Waals surface area contributed by atoms with Crippen LogP contribution in [0.1, 0.15) is 50.7 Å². The van der Waals surface area contributed by atoms with Crippen molar-refractivity contribution >= 4 is 11.3 Å². The smallest absolute Gasteiger partial charge is 0.221 e. The van der Waals surface area contributed by atoms with Crippen molar-refractivity contribution in [1.29, 1.82) is 0 Å². The summed E-state index contributed by atoms with van der Waals surface area (Å²) < 4.78 is 6.31. The number of hydrogen-bond donors (Lipinski definition) is 1. The fourth-order valence-corrected chi connectivity index (χ4v) is 3.82. The predicted octanol–water partition coefficient (Wildman–Crippen LogP) is 6.43. The Kier molecular flexibility index (Phi) is 10.1. The lowest BCUT2D eigenvalue weighted by Gasteiger charge is -2.29. The van der Waals surface area contributed by atoms with E-state index in [1.54, 1.807) is 6.08 Å². The third-order valence-electron chi connectivity index (χ3n) is 5.58. The van der Waals surface area contributed by atoms with Gasteiger partial charge in [0.05, 0.1) is 6.10 Å². The van der Waals surface area contributed by atoms with E-state index in [9.17, 15) is 5.11 Å². The molecule has 33 heavy (non-hydrogen) atoms. The van der Waals surface area contributed by atoms with Crippen molar-refractivity contribution in [1.82, 2.24) is 4.90 Å². The van der Waals surface area contributed by atoms with Gasteiger partial charge in [-0.2, -0.15) is 0 Å². The van der Waals surface area contributed by atoms with Crippen LogP contribution in [0.3, 0.4) is 0 Å². The van der Waals surface area contributed by atoms with E-state index in [1.807, 2.05) is 69.4 Å². The normalized spacial score (nSPS) is 20.3. The second-order valence-electron chi connectivity index (χ2n) is 8.49. The highest BCUT2D eigenvalue weighted by molar-refractivity contribution is 6.00. The zero-order chi connectivity index (χ0) is 24.4. The van der Waals surface area contributed by atoms with Crippen molar-refractivity contribution in [3.63, 3.8) is 0 Å². The minimum Gasteiger partial charge on any atom is -0.471 e. The summed E-state index contributed by atoms with van der Waals surface area (Å²) in [6.45, 7) is 16.0. The van der Waals surface area contributed by atoms with Gasteiger partial charge >= 0.3 is 0 Å². The van der Waals surface area contributed by atoms with Gasteiger partial charge in [-0.1, -0.05) is 68.7 Å². The van der Waals surface area contributed by atoms with Crippen LogP contribution in [0.5, 0.6) is 0 Å². The summed E-state index contributed by atoms with van der Waals surface area (Å²) in [5.74, 6) is 0.440. The van der Waals surface area contributed by atoms with Crippen molar-refractivity contribution in [2.24, 2.45) is 4.99 Å². The van der Waals surface area contributed by atoms with E-state index in [4.69, 9.17) is 9.73 Å². The first-order valence-electron chi connectivity index (χ1n) is 11.5. The minimum absolute atomic E-state index is 0.291. The molecule has 1 fully saturated rings. The summed E-state index contributed by atoms with van der Waals surface area (Å²) in [7, 11) is 3.98. The fourth-order valence-electron chi connectivity index (χ4n) is 3.82. The Morgan fingerprint density at radius 1 is 1.15 bits per heavy atom. The van der Waals surface area contributed by atoms with Gasteiger partial charge in [0.1, 0.15) is 6.10 Å². The Morgan fingerprint density at radius 3 is 2.45 bits per heavy atom. The lowest BCUT2D eigenvalue weighted by Crippen LogP contribution is -2.32. The molecule has 4 nitrogen and oxygen atoms in total. The average Bonchev–Trinajstić information content (AvgIpc) is 2.79. The summed E-state index contributed by atoms with van der Waals surface area (Å²) in [5.41, 5.74) is 5.35. The van der Waals surface area contributed by atoms with Crippen LogP contribution in [0.25, 0.3) is 5.57 Å². The molecule has 2 atom stereocenters. The summed E-state index contributed by atoms with van der Waals surface area (Å²) in [6, 6.07) is 8.19. The SMILES string of the molecule is C=C/C(C(=C)/C=C\C)=C(\N=C(/C)c1cccc(/C(C=C)=C/N(C)C)c1)OC1CCCCC1O. The second kappa shape index (κ2) is 12.8. The van der Waals surface area contributed by atoms with E-state index in [1.165, 1.54) is 0 Å². The lowest BCUT2D eigenvalue weighted by molar-refractivity contribution is -0.0300. The third-order valence-corrected chi connectivity index (χ3v) is 5.58. The molecule has 0 aromatic heterocycles. The molecule has 1 saturated carbocycles. The molecule has 0 saturated heterocycles. The maximum Gasteiger partial charge on any atom is 0.221 e. The number of benzene rings is 1. The average molecular weight is 447 g/mol. The first-order chi connectivity index (χ1) is 15.8. The highest BCUT2D eigenvalue weighted by Crippen LogP contribution is 2.28. The Balaban J connectivity index is 2.52. The first-order valence-corrected chi connectivity index (χ1v) is 11.5. The van der Waals surface area contributed by atoms with Crippen LogP contribution in [0, 0.1) is 0 Å². The molecular formula is C29H38N2O2. The molecule has 2 rings (SSSR count). The van der Waals surface area contributed by atoms with Gasteiger partial charge in [0.2, 0.25) is 5.88 Å². The first kappa shape index (κ1) is 26.1. The maximum atomic E-state index is 10.5. The molecule has 0 radical (unpaired) electrons. The van der Waals surface area contributed by atoms with Crippen LogP contribution in [0.2, 0.25) is 0 Å². The quantitative estimate of drug-likeness (QED) is 0.256. The van der Waals surface area contributed by atoms with Gasteiger partial charge in [-0.25, -0.2) is 4.99 Å². The molecular weight excluding hydrogens is 408 g/mol. The number of ether oxygens (including phenoxy) is 1. The van der Waals surface area contributed by atoms with Crippen LogP contribution in [0.15, 0.2) is 96.5 Å². The second-order valence-corrected chi connectivity index (χ2v) is 8.49. The Morgan fingerprint density at radius 2 is 1.85 bits per heavy atom. The maximum absolute atomic E-state index is 10.5. The summed E-state index contributed by atoms with van der Waals surface area (Å²) in [4.78, 5) is 6.88. The number of allylic oxidation sites excluding steroid dienone is 7. The van der Waals surface area contributed by atoms with Gasteiger partial charge in [0.15, 0.2) is 0 Å². The molecule has 0 amide bonds. The minimum atomic E-state index is -0.500. The Labute approximate surface area is 199 Å². The van der Waals surface area contributed by atoms with Crippen molar-refractivity contribution < 1.29 is 9.84 Å². The molecule has 0 aliphatic heterocycles. The monoisotopic (exact) mass is 446 g/mol. The molecule has 1 aromatic carbocycles. The number of aliphatic imine (C=N–C) groups is 1. The van der Waals surface area contributed by atoms with Gasteiger partial charge in [-0.05, 0) is 61.4 Å². The van der Waals surface area contributed by atoms with E-state index < -0.39 is 6.10 Å². The van der Waals surface area contributed by atoms with Crippen LogP contribution in [-0.4, -0.2) is 42.0 Å². The molecule has 0 spiro atoms. The highest BCUT2D eigenvalue weighted by Gasteiger charge is 2.26.